The van der Waals surface area contributed by atoms with Crippen molar-refractivity contribution in [2.24, 2.45) is 11.8 Å². The van der Waals surface area contributed by atoms with Crippen molar-refractivity contribution in [3.05, 3.63) is 42.5 Å². The van der Waals surface area contributed by atoms with E-state index < -0.39 is 10.0 Å². The minimum Gasteiger partial charge on any atom is -0.308 e. The molecule has 2 aliphatic carbocycles. The topological polar surface area (TPSA) is 78.0 Å². The van der Waals surface area contributed by atoms with Gasteiger partial charge in [-0.3, -0.25) is 13.9 Å². The Kier molecular flexibility index (Phi) is 4.99. The molecule has 4 aliphatic rings. The highest BCUT2D eigenvalue weighted by atomic mass is 32.2. The van der Waals surface area contributed by atoms with E-state index in [9.17, 15) is 18.0 Å². The standard InChI is InChI=1S/C26H29N3O4S/c1-17-16-27(25(30)19-3-4-19)24-15-21(9-12-23(24)29(17)26(31)20-5-6-20)18-7-10-22(11-8-18)28-13-2-14-34(28,32)33/h7-12,15,17,19-20H,2-6,13-14,16H2,1H3. The monoisotopic (exact) mass is 479 g/mol. The zero-order valence-corrected chi connectivity index (χ0v) is 20.1. The number of amides is 2. The summed E-state index contributed by atoms with van der Waals surface area (Å²) in [5.74, 6) is 0.708. The van der Waals surface area contributed by atoms with Crippen LogP contribution < -0.4 is 14.1 Å². The fraction of sp³-hybridized carbons (Fsp3) is 0.462. The van der Waals surface area contributed by atoms with E-state index >= 15 is 0 Å². The molecule has 6 rings (SSSR count). The van der Waals surface area contributed by atoms with Crippen LogP contribution in [0.3, 0.4) is 0 Å². The lowest BCUT2D eigenvalue weighted by atomic mass is 9.99. The molecule has 3 fully saturated rings. The minimum atomic E-state index is -3.22. The van der Waals surface area contributed by atoms with Crippen LogP contribution in [-0.2, 0) is 19.6 Å². The van der Waals surface area contributed by atoms with Gasteiger partial charge in [0.05, 0.1) is 28.9 Å². The summed E-state index contributed by atoms with van der Waals surface area (Å²) in [5.41, 5.74) is 4.18. The Balaban J connectivity index is 1.37. The molecule has 0 N–H and O–H groups in total. The molecule has 7 nitrogen and oxygen atoms in total. The van der Waals surface area contributed by atoms with Gasteiger partial charge in [0.2, 0.25) is 21.8 Å². The average molecular weight is 480 g/mol. The highest BCUT2D eigenvalue weighted by Crippen LogP contribution is 2.44. The summed E-state index contributed by atoms with van der Waals surface area (Å²) < 4.78 is 26.0. The van der Waals surface area contributed by atoms with Crippen LogP contribution in [0.4, 0.5) is 17.1 Å². The van der Waals surface area contributed by atoms with Crippen molar-refractivity contribution in [3.8, 4) is 11.1 Å². The normalized spacial score (nSPS) is 23.7. The number of rotatable bonds is 4. The summed E-state index contributed by atoms with van der Waals surface area (Å²) in [5, 5.41) is 0. The Morgan fingerprint density at radius 2 is 1.50 bits per heavy atom. The molecule has 0 radical (unpaired) electrons. The van der Waals surface area contributed by atoms with E-state index in [1.807, 2.05) is 59.2 Å². The molecule has 1 atom stereocenters. The van der Waals surface area contributed by atoms with Crippen LogP contribution in [-0.4, -0.2) is 45.1 Å². The zero-order valence-electron chi connectivity index (χ0n) is 19.3. The highest BCUT2D eigenvalue weighted by molar-refractivity contribution is 7.93. The summed E-state index contributed by atoms with van der Waals surface area (Å²) in [6.45, 7) is 3.05. The Morgan fingerprint density at radius 3 is 2.12 bits per heavy atom. The summed E-state index contributed by atoms with van der Waals surface area (Å²) in [4.78, 5) is 30.0. The molecular formula is C26H29N3O4S. The fourth-order valence-electron chi connectivity index (χ4n) is 5.18. The van der Waals surface area contributed by atoms with Gasteiger partial charge in [0.1, 0.15) is 0 Å². The molecule has 1 saturated heterocycles. The largest absolute Gasteiger partial charge is 0.308 e. The summed E-state index contributed by atoms with van der Waals surface area (Å²) in [6, 6.07) is 13.4. The van der Waals surface area contributed by atoms with Crippen molar-refractivity contribution in [1.82, 2.24) is 0 Å². The first-order chi connectivity index (χ1) is 16.3. The Morgan fingerprint density at radius 1 is 0.853 bits per heavy atom. The number of fused-ring (bicyclic) bond motifs is 1. The summed E-state index contributed by atoms with van der Waals surface area (Å²) in [6.07, 6.45) is 4.40. The van der Waals surface area contributed by atoms with Crippen molar-refractivity contribution < 1.29 is 18.0 Å². The van der Waals surface area contributed by atoms with Gasteiger partial charge in [0, 0.05) is 24.9 Å². The minimum absolute atomic E-state index is 0.0594. The lowest BCUT2D eigenvalue weighted by molar-refractivity contribution is -0.122. The van der Waals surface area contributed by atoms with Crippen LogP contribution in [0.2, 0.25) is 0 Å². The van der Waals surface area contributed by atoms with Gasteiger partial charge >= 0.3 is 0 Å². The van der Waals surface area contributed by atoms with Crippen molar-refractivity contribution in [1.29, 1.82) is 0 Å². The number of benzene rings is 2. The number of anilines is 3. The molecule has 34 heavy (non-hydrogen) atoms. The van der Waals surface area contributed by atoms with Gasteiger partial charge in [0.15, 0.2) is 0 Å². The van der Waals surface area contributed by atoms with Crippen molar-refractivity contribution in [2.45, 2.75) is 45.1 Å². The number of hydrogen-bond acceptors (Lipinski definition) is 4. The Hall–Kier alpha value is -2.87. The van der Waals surface area contributed by atoms with E-state index in [0.29, 0.717) is 25.2 Å². The third kappa shape index (κ3) is 3.68. The van der Waals surface area contributed by atoms with Gasteiger partial charge in [-0.25, -0.2) is 8.42 Å². The van der Waals surface area contributed by atoms with Crippen molar-refractivity contribution in [3.63, 3.8) is 0 Å². The molecule has 0 spiro atoms. The molecule has 2 amide bonds. The first-order valence-electron chi connectivity index (χ1n) is 12.2. The molecule has 0 aromatic heterocycles. The van der Waals surface area contributed by atoms with E-state index in [0.717, 1.165) is 48.2 Å². The SMILES string of the molecule is CC1CN(C(=O)C2CC2)c2cc(-c3ccc(N4CCCS4(=O)=O)cc3)ccc2N1C(=O)C1CC1. The number of carbonyl (C=O) groups is 2. The number of hydrogen-bond donors (Lipinski definition) is 0. The lowest BCUT2D eigenvalue weighted by Gasteiger charge is -2.41. The summed E-state index contributed by atoms with van der Waals surface area (Å²) >= 11 is 0. The van der Waals surface area contributed by atoms with Crippen LogP contribution in [0.1, 0.15) is 39.0 Å². The Bertz CT molecular complexity index is 1270. The van der Waals surface area contributed by atoms with Gasteiger partial charge in [-0.15, -0.1) is 0 Å². The number of sulfonamides is 1. The maximum absolute atomic E-state index is 13.2. The smallest absolute Gasteiger partial charge is 0.235 e. The lowest BCUT2D eigenvalue weighted by Crippen LogP contribution is -2.52. The van der Waals surface area contributed by atoms with E-state index in [1.165, 1.54) is 4.31 Å². The van der Waals surface area contributed by atoms with Crippen LogP contribution in [0.15, 0.2) is 42.5 Å². The molecule has 2 saturated carbocycles. The van der Waals surface area contributed by atoms with Crippen molar-refractivity contribution >= 4 is 38.9 Å². The van der Waals surface area contributed by atoms with Gasteiger partial charge in [-0.2, -0.15) is 0 Å². The summed E-state index contributed by atoms with van der Waals surface area (Å²) in [7, 11) is -3.22. The molecule has 2 aromatic rings. The highest BCUT2D eigenvalue weighted by Gasteiger charge is 2.43. The van der Waals surface area contributed by atoms with Gasteiger partial charge < -0.3 is 9.80 Å². The molecule has 2 heterocycles. The third-order valence-electron chi connectivity index (χ3n) is 7.36. The molecular weight excluding hydrogens is 450 g/mol. The maximum atomic E-state index is 13.2. The van der Waals surface area contributed by atoms with Gasteiger partial charge in [0.25, 0.3) is 0 Å². The molecule has 8 heteroatoms. The van der Waals surface area contributed by atoms with Gasteiger partial charge in [-0.1, -0.05) is 18.2 Å². The first kappa shape index (κ1) is 21.6. The van der Waals surface area contributed by atoms with Crippen LogP contribution in [0, 0.1) is 11.8 Å². The molecule has 1 unspecified atom stereocenters. The fourth-order valence-corrected chi connectivity index (χ4v) is 6.74. The maximum Gasteiger partial charge on any atom is 0.235 e. The molecule has 178 valence electrons. The van der Waals surface area contributed by atoms with Crippen LogP contribution >= 0.6 is 0 Å². The molecule has 0 bridgehead atoms. The average Bonchev–Trinajstić information content (AvgIpc) is 3.74. The third-order valence-corrected chi connectivity index (χ3v) is 9.23. The molecule has 2 aromatic carbocycles. The molecule has 2 aliphatic heterocycles. The Labute approximate surface area is 200 Å². The second-order valence-corrected chi connectivity index (χ2v) is 12.1. The van der Waals surface area contributed by atoms with Crippen molar-refractivity contribution in [2.75, 3.05) is 32.9 Å². The first-order valence-corrected chi connectivity index (χ1v) is 13.8. The van der Waals surface area contributed by atoms with Gasteiger partial charge in [-0.05, 0) is 74.4 Å². The predicted octanol–water partition coefficient (Wildman–Crippen LogP) is 3.78. The van der Waals surface area contributed by atoms with Crippen LogP contribution in [0.5, 0.6) is 0 Å². The number of nitrogens with zero attached hydrogens (tertiary/aromatic N) is 3. The van der Waals surface area contributed by atoms with E-state index in [1.54, 1.807) is 0 Å². The zero-order chi connectivity index (χ0) is 23.6. The predicted molar refractivity (Wildman–Crippen MR) is 132 cm³/mol. The van der Waals surface area contributed by atoms with Crippen LogP contribution in [0.25, 0.3) is 11.1 Å². The van der Waals surface area contributed by atoms with E-state index in [4.69, 9.17) is 0 Å². The van der Waals surface area contributed by atoms with E-state index in [-0.39, 0.29) is 35.4 Å². The quantitative estimate of drug-likeness (QED) is 0.669. The second kappa shape index (κ2) is 7.83. The second-order valence-electron chi connectivity index (χ2n) is 10.0. The number of carbonyl (C=O) groups excluding carboxylic acids is 2. The van der Waals surface area contributed by atoms with E-state index in [2.05, 4.69) is 0 Å².